The molecular weight excluding hydrogens is 700 g/mol. The first kappa shape index (κ1) is 36.2. The highest BCUT2D eigenvalue weighted by molar-refractivity contribution is 6.35. The van der Waals surface area contributed by atoms with Crippen molar-refractivity contribution >= 4 is 41.0 Å². The van der Waals surface area contributed by atoms with Gasteiger partial charge in [0, 0.05) is 25.1 Å². The van der Waals surface area contributed by atoms with Crippen LogP contribution in [0.4, 0.5) is 14.9 Å². The largest absolute Gasteiger partial charge is 0.619 e. The Hall–Kier alpha value is -4.58. The molecular formula is C38H38Cl2FN3O7. The average molecular weight is 739 g/mol. The number of hydrogen-bond acceptors (Lipinski definition) is 8. The van der Waals surface area contributed by atoms with Gasteiger partial charge in [-0.15, -0.1) is 0 Å². The molecule has 51 heavy (non-hydrogen) atoms. The normalized spacial score (nSPS) is 18.5. The summed E-state index contributed by atoms with van der Waals surface area (Å²) in [6, 6.07) is 18.1. The van der Waals surface area contributed by atoms with Crippen LogP contribution in [0.25, 0.3) is 0 Å². The van der Waals surface area contributed by atoms with Gasteiger partial charge in [0.2, 0.25) is 0 Å². The lowest BCUT2D eigenvalue weighted by Gasteiger charge is -2.44. The summed E-state index contributed by atoms with van der Waals surface area (Å²) in [6.45, 7) is 2.87. The number of para-hydroxylation sites is 1. The summed E-state index contributed by atoms with van der Waals surface area (Å²) < 4.78 is 38.3. The monoisotopic (exact) mass is 737 g/mol. The molecule has 3 fully saturated rings. The zero-order valence-corrected chi connectivity index (χ0v) is 29.7. The molecule has 0 aliphatic carbocycles. The van der Waals surface area contributed by atoms with Crippen LogP contribution in [0.3, 0.4) is 0 Å². The minimum absolute atomic E-state index is 0.0689. The maximum Gasteiger partial charge on any atom is 0.414 e. The highest BCUT2D eigenvalue weighted by atomic mass is 35.5. The fraction of sp³-hybridized carbons (Fsp3) is 0.342. The van der Waals surface area contributed by atoms with Crippen molar-refractivity contribution < 1.29 is 37.7 Å². The van der Waals surface area contributed by atoms with Crippen LogP contribution in [0, 0.1) is 16.9 Å². The fourth-order valence-corrected chi connectivity index (χ4v) is 7.25. The lowest BCUT2D eigenvalue weighted by Crippen LogP contribution is -2.53. The topological polar surface area (TPSA) is 104 Å². The van der Waals surface area contributed by atoms with Gasteiger partial charge in [0.05, 0.1) is 25.5 Å². The van der Waals surface area contributed by atoms with Gasteiger partial charge in [0.15, 0.2) is 23.9 Å². The number of rotatable bonds is 12. The zero-order valence-electron chi connectivity index (χ0n) is 28.2. The van der Waals surface area contributed by atoms with Crippen LogP contribution in [0.15, 0.2) is 79.1 Å². The van der Waals surface area contributed by atoms with Crippen LogP contribution in [-0.2, 0) is 22.3 Å². The SMILES string of the molecule is COc1ccc([C@H](Cc2c(Cl)c[n+]([O-])cc2Cl)OC(=O)c2ccc(CCN(C(=O)O[C@H]3CN4CCC3CC4)c3ccccc3F)cc2)cc1OC. The predicted molar refractivity (Wildman–Crippen MR) is 190 cm³/mol. The number of benzene rings is 3. The molecule has 4 aromatic rings. The Morgan fingerprint density at radius 3 is 2.29 bits per heavy atom. The summed E-state index contributed by atoms with van der Waals surface area (Å²) in [5.74, 6) is 0.103. The van der Waals surface area contributed by atoms with Gasteiger partial charge in [-0.3, -0.25) is 9.80 Å². The molecule has 7 rings (SSSR count). The van der Waals surface area contributed by atoms with Crippen molar-refractivity contribution in [3.63, 3.8) is 0 Å². The summed E-state index contributed by atoms with van der Waals surface area (Å²) in [6.07, 6.45) is 3.10. The number of aromatic nitrogens is 1. The van der Waals surface area contributed by atoms with E-state index in [-0.39, 0.29) is 40.4 Å². The van der Waals surface area contributed by atoms with Gasteiger partial charge in [-0.1, -0.05) is 53.5 Å². The second-order valence-electron chi connectivity index (χ2n) is 12.6. The first-order valence-corrected chi connectivity index (χ1v) is 17.4. The Morgan fingerprint density at radius 1 is 0.980 bits per heavy atom. The molecule has 3 aliphatic heterocycles. The number of pyridine rings is 1. The Kier molecular flexibility index (Phi) is 11.5. The molecule has 0 spiro atoms. The molecule has 2 atom stereocenters. The number of piperidine rings is 3. The van der Waals surface area contributed by atoms with E-state index in [1.807, 2.05) is 0 Å². The summed E-state index contributed by atoms with van der Waals surface area (Å²) >= 11 is 12.8. The van der Waals surface area contributed by atoms with Gasteiger partial charge >= 0.3 is 12.1 Å². The maximum atomic E-state index is 15.0. The third-order valence-corrected chi connectivity index (χ3v) is 10.2. The average Bonchev–Trinajstić information content (AvgIpc) is 3.13. The van der Waals surface area contributed by atoms with E-state index in [1.165, 1.54) is 37.6 Å². The van der Waals surface area contributed by atoms with Crippen LogP contribution in [0.2, 0.25) is 10.0 Å². The molecule has 0 radical (unpaired) electrons. The third-order valence-electron chi connectivity index (χ3n) is 9.50. The zero-order chi connectivity index (χ0) is 36.1. The van der Waals surface area contributed by atoms with E-state index >= 15 is 0 Å². The van der Waals surface area contributed by atoms with E-state index in [4.69, 9.17) is 42.1 Å². The van der Waals surface area contributed by atoms with Crippen LogP contribution < -0.4 is 19.1 Å². The van der Waals surface area contributed by atoms with Gasteiger partial charge in [-0.2, -0.15) is 4.73 Å². The second-order valence-corrected chi connectivity index (χ2v) is 13.4. The number of fused-ring (bicyclic) bond motifs is 3. The standard InChI is InChI=1S/C38H38Cl2FN3O7/c1-48-33-12-11-27(19-35(33)49-2)34(20-28-29(39)21-43(47)22-30(28)40)50-37(45)26-9-7-24(8-10-26)13-18-44(32-6-4-3-5-31(32)41)38(46)51-36-23-42-16-14-25(36)15-17-42/h3-12,19,21-22,25,34,36H,13-18,20,23H2,1-2H3/t34-,36-/m0/s1. The summed E-state index contributed by atoms with van der Waals surface area (Å²) in [4.78, 5) is 30.7. The summed E-state index contributed by atoms with van der Waals surface area (Å²) in [7, 11) is 3.02. The Bertz CT molecular complexity index is 1850. The second kappa shape index (κ2) is 16.2. The van der Waals surface area contributed by atoms with Crippen molar-refractivity contribution in [2.24, 2.45) is 5.92 Å². The lowest BCUT2D eigenvalue weighted by atomic mass is 9.86. The van der Waals surface area contributed by atoms with Crippen LogP contribution in [0.1, 0.15) is 46.0 Å². The molecule has 3 saturated heterocycles. The molecule has 13 heteroatoms. The lowest BCUT2D eigenvalue weighted by molar-refractivity contribution is -0.605. The molecule has 0 unspecified atom stereocenters. The maximum absolute atomic E-state index is 15.0. The van der Waals surface area contributed by atoms with Crippen molar-refractivity contribution in [1.82, 2.24) is 4.90 Å². The minimum atomic E-state index is -0.869. The minimum Gasteiger partial charge on any atom is -0.619 e. The summed E-state index contributed by atoms with van der Waals surface area (Å²) in [5.41, 5.74) is 2.25. The Morgan fingerprint density at radius 2 is 1.67 bits per heavy atom. The number of carbonyl (C=O) groups excluding carboxylic acids is 2. The summed E-state index contributed by atoms with van der Waals surface area (Å²) in [5, 5.41) is 12.1. The first-order chi connectivity index (χ1) is 24.6. The highest BCUT2D eigenvalue weighted by Crippen LogP contribution is 2.36. The van der Waals surface area contributed by atoms with E-state index in [1.54, 1.807) is 60.7 Å². The predicted octanol–water partition coefficient (Wildman–Crippen LogP) is 7.20. The van der Waals surface area contributed by atoms with E-state index in [2.05, 4.69) is 4.90 Å². The number of anilines is 1. The highest BCUT2D eigenvalue weighted by Gasteiger charge is 2.37. The first-order valence-electron chi connectivity index (χ1n) is 16.7. The van der Waals surface area contributed by atoms with Crippen molar-refractivity contribution in [3.05, 3.63) is 122 Å². The van der Waals surface area contributed by atoms with Gasteiger partial charge in [-0.25, -0.2) is 14.0 Å². The van der Waals surface area contributed by atoms with Crippen molar-refractivity contribution in [1.29, 1.82) is 0 Å². The molecule has 268 valence electrons. The smallest absolute Gasteiger partial charge is 0.414 e. The molecule has 0 saturated carbocycles. The molecule has 0 N–H and O–H groups in total. The van der Waals surface area contributed by atoms with Crippen LogP contribution in [-0.4, -0.2) is 63.5 Å². The van der Waals surface area contributed by atoms with Crippen LogP contribution in [0.5, 0.6) is 11.5 Å². The molecule has 4 heterocycles. The number of esters is 1. The molecule has 2 bridgehead atoms. The van der Waals surface area contributed by atoms with Gasteiger partial charge in [-0.05, 0) is 85.8 Å². The quantitative estimate of drug-likeness (QED) is 0.0855. The van der Waals surface area contributed by atoms with E-state index in [0.717, 1.165) is 31.5 Å². The van der Waals surface area contributed by atoms with E-state index in [0.29, 0.717) is 46.2 Å². The number of nitrogens with zero attached hydrogens (tertiary/aromatic N) is 3. The molecule has 3 aromatic carbocycles. The van der Waals surface area contributed by atoms with Crippen LogP contribution >= 0.6 is 23.2 Å². The van der Waals surface area contributed by atoms with E-state index in [9.17, 15) is 19.2 Å². The number of halogens is 3. The number of hydrogen-bond donors (Lipinski definition) is 0. The van der Waals surface area contributed by atoms with E-state index < -0.39 is 24.0 Å². The third kappa shape index (κ3) is 8.49. The van der Waals surface area contributed by atoms with Crippen molar-refractivity contribution in [2.45, 2.75) is 37.9 Å². The van der Waals surface area contributed by atoms with Crippen molar-refractivity contribution in [2.75, 3.05) is 45.3 Å². The number of methoxy groups -OCH3 is 2. The molecule has 1 amide bonds. The molecule has 1 aromatic heterocycles. The Labute approximate surface area is 305 Å². The number of carbonyl (C=O) groups is 2. The Balaban J connectivity index is 1.17. The van der Waals surface area contributed by atoms with Gasteiger partial charge in [0.25, 0.3) is 0 Å². The van der Waals surface area contributed by atoms with Crippen molar-refractivity contribution in [3.8, 4) is 11.5 Å². The number of amides is 1. The molecule has 3 aliphatic rings. The fourth-order valence-electron chi connectivity index (χ4n) is 6.66. The number of ether oxygens (including phenoxy) is 4. The van der Waals surface area contributed by atoms with Gasteiger partial charge < -0.3 is 24.2 Å². The molecule has 10 nitrogen and oxygen atoms in total. The van der Waals surface area contributed by atoms with Gasteiger partial charge in [0.1, 0.15) is 28.1 Å².